The maximum atomic E-state index is 10.1. The summed E-state index contributed by atoms with van der Waals surface area (Å²) < 4.78 is 6.86. The molecule has 0 bridgehead atoms. The van der Waals surface area contributed by atoms with E-state index < -0.39 is 37.3 Å². The number of fused-ring (bicyclic) bond motifs is 1. The summed E-state index contributed by atoms with van der Waals surface area (Å²) in [5.41, 5.74) is 6.36. The van der Waals surface area contributed by atoms with E-state index >= 15 is 0 Å². The van der Waals surface area contributed by atoms with Gasteiger partial charge >= 0.3 is 0 Å². The molecule has 1 saturated heterocycles. The number of hydrogen-bond acceptors (Lipinski definition) is 9. The quantitative estimate of drug-likeness (QED) is 0.409. The van der Waals surface area contributed by atoms with Crippen molar-refractivity contribution < 1.29 is 25.2 Å². The summed E-state index contributed by atoms with van der Waals surface area (Å²) in [6, 6.07) is 0. The number of aliphatic hydroxyl groups is 4. The fraction of sp³-hybridized carbons (Fsp3) is 0.583. The molecule has 2 aromatic rings. The molecule has 120 valence electrons. The van der Waals surface area contributed by atoms with Crippen molar-refractivity contribution >= 4 is 11.2 Å². The Bertz CT molecular complexity index is 664. The number of ether oxygens (including phenoxy) is 1. The molecule has 2 aromatic heterocycles. The van der Waals surface area contributed by atoms with Gasteiger partial charge in [0.25, 0.3) is 0 Å². The lowest BCUT2D eigenvalue weighted by molar-refractivity contribution is -0.0511. The van der Waals surface area contributed by atoms with E-state index in [0.717, 1.165) is 0 Å². The smallest absolute Gasteiger partial charge is 0.165 e. The van der Waals surface area contributed by atoms with Gasteiger partial charge in [-0.1, -0.05) is 0 Å². The Morgan fingerprint density at radius 3 is 2.68 bits per heavy atom. The SMILES string of the molecule is NCC(O)c1ncnc2c1ncn2[C@@H]1O[C@H](CO)[C@@H](O)[C@H]1O. The molecule has 0 aliphatic carbocycles. The van der Waals surface area contributed by atoms with E-state index in [2.05, 4.69) is 15.0 Å². The van der Waals surface area contributed by atoms with Gasteiger partial charge in [0.15, 0.2) is 11.9 Å². The van der Waals surface area contributed by atoms with Gasteiger partial charge in [0.1, 0.15) is 42.0 Å². The fourth-order valence-corrected chi connectivity index (χ4v) is 2.52. The summed E-state index contributed by atoms with van der Waals surface area (Å²) in [4.78, 5) is 12.2. The molecule has 6 N–H and O–H groups in total. The Labute approximate surface area is 124 Å². The van der Waals surface area contributed by atoms with Crippen LogP contribution in [0, 0.1) is 0 Å². The van der Waals surface area contributed by atoms with Gasteiger partial charge in [-0.3, -0.25) is 4.57 Å². The van der Waals surface area contributed by atoms with Crippen LogP contribution in [0.3, 0.4) is 0 Å². The summed E-state index contributed by atoms with van der Waals surface area (Å²) in [6.07, 6.45) is -2.68. The van der Waals surface area contributed by atoms with E-state index in [4.69, 9.17) is 15.6 Å². The zero-order valence-corrected chi connectivity index (χ0v) is 11.5. The number of rotatable bonds is 4. The number of nitrogens with zero attached hydrogens (tertiary/aromatic N) is 4. The zero-order chi connectivity index (χ0) is 15.9. The van der Waals surface area contributed by atoms with Crippen molar-refractivity contribution in [1.29, 1.82) is 0 Å². The third-order valence-electron chi connectivity index (χ3n) is 3.72. The first-order valence-corrected chi connectivity index (χ1v) is 6.76. The van der Waals surface area contributed by atoms with Gasteiger partial charge in [0.05, 0.1) is 12.9 Å². The lowest BCUT2D eigenvalue weighted by Crippen LogP contribution is -2.33. The van der Waals surface area contributed by atoms with Gasteiger partial charge in [-0.15, -0.1) is 0 Å². The van der Waals surface area contributed by atoms with E-state index in [9.17, 15) is 15.3 Å². The van der Waals surface area contributed by atoms with E-state index in [1.807, 2.05) is 0 Å². The molecule has 0 saturated carbocycles. The molecule has 1 fully saturated rings. The lowest BCUT2D eigenvalue weighted by atomic mass is 10.1. The van der Waals surface area contributed by atoms with Crippen molar-refractivity contribution in [3.8, 4) is 0 Å². The monoisotopic (exact) mass is 311 g/mol. The van der Waals surface area contributed by atoms with Gasteiger partial charge in [-0.2, -0.15) is 0 Å². The predicted octanol–water partition coefficient (Wildman–Crippen LogP) is -2.57. The molecule has 5 atom stereocenters. The van der Waals surface area contributed by atoms with E-state index in [1.54, 1.807) is 0 Å². The normalized spacial score (nSPS) is 30.0. The molecule has 10 nitrogen and oxygen atoms in total. The zero-order valence-electron chi connectivity index (χ0n) is 11.5. The number of nitrogens with two attached hydrogens (primary N) is 1. The van der Waals surface area contributed by atoms with Crippen molar-refractivity contribution in [2.24, 2.45) is 5.73 Å². The minimum Gasteiger partial charge on any atom is -0.394 e. The largest absolute Gasteiger partial charge is 0.394 e. The standard InChI is InChI=1S/C12H17N5O5/c13-1-5(19)7-8-11(15-3-14-7)17(4-16-8)12-10(21)9(20)6(2-18)22-12/h3-6,9-10,12,18-21H,1-2,13H2/t5?,6-,9-,10-,12-/m1/s1. The van der Waals surface area contributed by atoms with Crippen LogP contribution in [0.1, 0.15) is 18.0 Å². The molecule has 1 aliphatic heterocycles. The number of aliphatic hydroxyl groups excluding tert-OH is 4. The van der Waals surface area contributed by atoms with Gasteiger partial charge < -0.3 is 30.9 Å². The highest BCUT2D eigenvalue weighted by Gasteiger charge is 2.44. The molecular weight excluding hydrogens is 294 g/mol. The minimum atomic E-state index is -1.24. The van der Waals surface area contributed by atoms with Crippen LogP contribution < -0.4 is 5.73 Å². The highest BCUT2D eigenvalue weighted by molar-refractivity contribution is 5.73. The topological polar surface area (TPSA) is 160 Å². The fourth-order valence-electron chi connectivity index (χ4n) is 2.52. The van der Waals surface area contributed by atoms with E-state index in [1.165, 1.54) is 17.2 Å². The van der Waals surface area contributed by atoms with Crippen molar-refractivity contribution in [2.45, 2.75) is 30.6 Å². The van der Waals surface area contributed by atoms with Gasteiger partial charge in [0, 0.05) is 6.54 Å². The second-order valence-electron chi connectivity index (χ2n) is 5.06. The molecule has 0 radical (unpaired) electrons. The van der Waals surface area contributed by atoms with Crippen LogP contribution in [0.2, 0.25) is 0 Å². The van der Waals surface area contributed by atoms with Crippen molar-refractivity contribution in [2.75, 3.05) is 13.2 Å². The number of aromatic nitrogens is 4. The summed E-state index contributed by atoms with van der Waals surface area (Å²) in [5.74, 6) is 0. The minimum absolute atomic E-state index is 0.0210. The molecular formula is C12H17N5O5. The third kappa shape index (κ3) is 2.26. The van der Waals surface area contributed by atoms with Crippen molar-refractivity contribution in [3.05, 3.63) is 18.3 Å². The summed E-state index contributed by atoms with van der Waals surface area (Å²) in [5, 5.41) is 38.9. The molecule has 0 spiro atoms. The number of imidazole rings is 1. The second-order valence-corrected chi connectivity index (χ2v) is 5.06. The average molecular weight is 311 g/mol. The van der Waals surface area contributed by atoms with E-state index in [0.29, 0.717) is 11.2 Å². The van der Waals surface area contributed by atoms with Crippen LogP contribution in [0.5, 0.6) is 0 Å². The molecule has 0 aromatic carbocycles. The third-order valence-corrected chi connectivity index (χ3v) is 3.72. The van der Waals surface area contributed by atoms with Crippen molar-refractivity contribution in [3.63, 3.8) is 0 Å². The molecule has 3 heterocycles. The van der Waals surface area contributed by atoms with Crippen LogP contribution in [0.25, 0.3) is 11.2 Å². The maximum Gasteiger partial charge on any atom is 0.165 e. The van der Waals surface area contributed by atoms with Gasteiger partial charge in [-0.05, 0) is 0 Å². The summed E-state index contributed by atoms with van der Waals surface area (Å²) in [7, 11) is 0. The highest BCUT2D eigenvalue weighted by atomic mass is 16.6. The first-order valence-electron chi connectivity index (χ1n) is 6.76. The summed E-state index contributed by atoms with van der Waals surface area (Å²) in [6.45, 7) is -0.444. The average Bonchev–Trinajstić information content (AvgIpc) is 3.08. The molecule has 22 heavy (non-hydrogen) atoms. The Hall–Kier alpha value is -1.69. The molecule has 1 unspecified atom stereocenters. The predicted molar refractivity (Wildman–Crippen MR) is 72.3 cm³/mol. The molecule has 10 heteroatoms. The van der Waals surface area contributed by atoms with Crippen LogP contribution >= 0.6 is 0 Å². The van der Waals surface area contributed by atoms with Gasteiger partial charge in [0.2, 0.25) is 0 Å². The molecule has 0 amide bonds. The Kier molecular flexibility index (Phi) is 4.04. The van der Waals surface area contributed by atoms with Crippen LogP contribution in [-0.2, 0) is 4.74 Å². The maximum absolute atomic E-state index is 10.1. The van der Waals surface area contributed by atoms with Crippen LogP contribution in [-0.4, -0.2) is 71.4 Å². The van der Waals surface area contributed by atoms with Crippen LogP contribution in [0.15, 0.2) is 12.7 Å². The highest BCUT2D eigenvalue weighted by Crippen LogP contribution is 2.31. The Balaban J connectivity index is 2.03. The van der Waals surface area contributed by atoms with E-state index in [-0.39, 0.29) is 12.2 Å². The van der Waals surface area contributed by atoms with Gasteiger partial charge in [-0.25, -0.2) is 15.0 Å². The first-order chi connectivity index (χ1) is 10.6. The summed E-state index contributed by atoms with van der Waals surface area (Å²) >= 11 is 0. The molecule has 1 aliphatic rings. The molecule has 3 rings (SSSR count). The lowest BCUT2D eigenvalue weighted by Gasteiger charge is -2.16. The van der Waals surface area contributed by atoms with Crippen LogP contribution in [0.4, 0.5) is 0 Å². The van der Waals surface area contributed by atoms with Crippen molar-refractivity contribution in [1.82, 2.24) is 19.5 Å². The Morgan fingerprint density at radius 1 is 1.27 bits per heavy atom. The number of hydrogen-bond donors (Lipinski definition) is 5. The second kappa shape index (κ2) is 5.83. The first kappa shape index (κ1) is 15.2. The Morgan fingerprint density at radius 2 is 2.05 bits per heavy atom.